The lowest BCUT2D eigenvalue weighted by Crippen LogP contribution is -2.20. The SMILES string of the molecule is CC(=N[S@@](=O)C(C)(C)C)c1cnc(Cl)cn1. The fraction of sp³-hybridized carbons (Fsp3) is 0.500. The third kappa shape index (κ3) is 3.64. The highest BCUT2D eigenvalue weighted by molar-refractivity contribution is 7.85. The molecule has 0 aromatic carbocycles. The van der Waals surface area contributed by atoms with Crippen LogP contribution in [0.2, 0.25) is 5.15 Å². The first-order valence-corrected chi connectivity index (χ1v) is 6.24. The maximum atomic E-state index is 11.8. The van der Waals surface area contributed by atoms with E-state index in [1.807, 2.05) is 20.8 Å². The predicted molar refractivity (Wildman–Crippen MR) is 67.1 cm³/mol. The standard InChI is InChI=1S/C10H14ClN3OS/c1-7(14-16(15)10(2,3)4)8-5-13-9(11)6-12-8/h5-6H,1-4H3/t16-/m0/s1. The van der Waals surface area contributed by atoms with Gasteiger partial charge >= 0.3 is 0 Å². The molecule has 0 N–H and O–H groups in total. The van der Waals surface area contributed by atoms with E-state index in [2.05, 4.69) is 14.4 Å². The normalized spacial score (nSPS) is 14.9. The molecule has 6 heteroatoms. The monoisotopic (exact) mass is 259 g/mol. The molecule has 1 aromatic heterocycles. The molecular weight excluding hydrogens is 246 g/mol. The van der Waals surface area contributed by atoms with E-state index in [0.29, 0.717) is 16.6 Å². The minimum absolute atomic E-state index is 0.327. The van der Waals surface area contributed by atoms with Crippen molar-refractivity contribution in [1.82, 2.24) is 9.97 Å². The molecule has 0 unspecified atom stereocenters. The fourth-order valence-electron chi connectivity index (χ4n) is 0.807. The molecule has 0 aliphatic heterocycles. The third-order valence-electron chi connectivity index (χ3n) is 1.73. The second kappa shape index (κ2) is 5.01. The Kier molecular flexibility index (Phi) is 4.15. The zero-order valence-electron chi connectivity index (χ0n) is 9.69. The number of rotatable bonds is 2. The first-order valence-electron chi connectivity index (χ1n) is 4.76. The molecule has 0 saturated heterocycles. The summed E-state index contributed by atoms with van der Waals surface area (Å²) in [6, 6.07) is 0. The van der Waals surface area contributed by atoms with Crippen molar-refractivity contribution in [3.8, 4) is 0 Å². The van der Waals surface area contributed by atoms with Crippen molar-refractivity contribution in [3.05, 3.63) is 23.2 Å². The molecule has 1 rings (SSSR count). The zero-order valence-corrected chi connectivity index (χ0v) is 11.3. The average molecular weight is 260 g/mol. The first kappa shape index (κ1) is 13.3. The molecule has 0 bridgehead atoms. The van der Waals surface area contributed by atoms with Gasteiger partial charge in [0, 0.05) is 0 Å². The summed E-state index contributed by atoms with van der Waals surface area (Å²) in [6.07, 6.45) is 2.96. The van der Waals surface area contributed by atoms with Gasteiger partial charge in [0.2, 0.25) is 0 Å². The quantitative estimate of drug-likeness (QED) is 0.767. The number of hydrogen-bond acceptors (Lipinski definition) is 3. The highest BCUT2D eigenvalue weighted by Gasteiger charge is 2.19. The number of halogens is 1. The minimum Gasteiger partial charge on any atom is -0.250 e. The van der Waals surface area contributed by atoms with Crippen LogP contribution in [-0.4, -0.2) is 24.6 Å². The molecule has 1 atom stereocenters. The Balaban J connectivity index is 2.94. The number of aromatic nitrogens is 2. The van der Waals surface area contributed by atoms with Gasteiger partial charge in [-0.05, 0) is 27.7 Å². The molecule has 16 heavy (non-hydrogen) atoms. The molecular formula is C10H14ClN3OS. The van der Waals surface area contributed by atoms with Gasteiger partial charge < -0.3 is 0 Å². The second-order valence-electron chi connectivity index (χ2n) is 4.26. The maximum Gasteiger partial charge on any atom is 0.147 e. The van der Waals surface area contributed by atoms with Crippen molar-refractivity contribution in [3.63, 3.8) is 0 Å². The van der Waals surface area contributed by atoms with Crippen molar-refractivity contribution in [1.29, 1.82) is 0 Å². The van der Waals surface area contributed by atoms with Crippen molar-refractivity contribution in [2.24, 2.45) is 4.40 Å². The predicted octanol–water partition coefficient (Wildman–Crippen LogP) is 2.40. The van der Waals surface area contributed by atoms with E-state index in [1.54, 1.807) is 6.92 Å². The molecule has 0 saturated carbocycles. The molecule has 0 radical (unpaired) electrons. The van der Waals surface area contributed by atoms with Gasteiger partial charge in [-0.15, -0.1) is 0 Å². The van der Waals surface area contributed by atoms with Gasteiger partial charge in [-0.1, -0.05) is 11.6 Å². The van der Waals surface area contributed by atoms with E-state index in [1.165, 1.54) is 12.4 Å². The fourth-order valence-corrected chi connectivity index (χ4v) is 1.52. The Morgan fingerprint density at radius 3 is 2.44 bits per heavy atom. The molecule has 88 valence electrons. The Morgan fingerprint density at radius 1 is 1.38 bits per heavy atom. The van der Waals surface area contributed by atoms with Crippen molar-refractivity contribution in [2.45, 2.75) is 32.4 Å². The van der Waals surface area contributed by atoms with Crippen LogP contribution in [0.15, 0.2) is 16.8 Å². The molecule has 0 amide bonds. The lowest BCUT2D eigenvalue weighted by Gasteiger charge is -2.13. The van der Waals surface area contributed by atoms with Crippen LogP contribution in [0, 0.1) is 0 Å². The summed E-state index contributed by atoms with van der Waals surface area (Å²) >= 11 is 5.62. The summed E-state index contributed by atoms with van der Waals surface area (Å²) in [6.45, 7) is 7.36. The topological polar surface area (TPSA) is 55.2 Å². The third-order valence-corrected chi connectivity index (χ3v) is 3.42. The smallest absolute Gasteiger partial charge is 0.147 e. The zero-order chi connectivity index (χ0) is 12.3. The molecule has 1 aromatic rings. The molecule has 0 aliphatic rings. The summed E-state index contributed by atoms with van der Waals surface area (Å²) in [5.41, 5.74) is 1.18. The van der Waals surface area contributed by atoms with Crippen LogP contribution in [0.4, 0.5) is 0 Å². The average Bonchev–Trinajstić information content (AvgIpc) is 2.17. The summed E-state index contributed by atoms with van der Waals surface area (Å²) in [5.74, 6) is 0. The summed E-state index contributed by atoms with van der Waals surface area (Å²) in [4.78, 5) is 7.95. The molecule has 0 aliphatic carbocycles. The molecule has 0 spiro atoms. The summed E-state index contributed by atoms with van der Waals surface area (Å²) in [5, 5.41) is 0.327. The number of nitrogens with zero attached hydrogens (tertiary/aromatic N) is 3. The lowest BCUT2D eigenvalue weighted by atomic mass is 10.3. The summed E-state index contributed by atoms with van der Waals surface area (Å²) < 4.78 is 15.5. The van der Waals surface area contributed by atoms with Crippen LogP contribution in [0.3, 0.4) is 0 Å². The van der Waals surface area contributed by atoms with Crippen LogP contribution in [0.5, 0.6) is 0 Å². The highest BCUT2D eigenvalue weighted by atomic mass is 35.5. The summed E-state index contributed by atoms with van der Waals surface area (Å²) in [7, 11) is -1.29. The first-order chi connectivity index (χ1) is 7.30. The van der Waals surface area contributed by atoms with E-state index in [0.717, 1.165) is 0 Å². The van der Waals surface area contributed by atoms with E-state index in [9.17, 15) is 4.21 Å². The molecule has 4 nitrogen and oxygen atoms in total. The van der Waals surface area contributed by atoms with E-state index in [-0.39, 0.29) is 4.75 Å². The van der Waals surface area contributed by atoms with E-state index in [4.69, 9.17) is 11.6 Å². The Morgan fingerprint density at radius 2 is 2.00 bits per heavy atom. The van der Waals surface area contributed by atoms with Gasteiger partial charge in [0.15, 0.2) is 0 Å². The van der Waals surface area contributed by atoms with Gasteiger partial charge in [0.05, 0.1) is 22.9 Å². The maximum absolute atomic E-state index is 11.8. The van der Waals surface area contributed by atoms with Gasteiger partial charge in [-0.2, -0.15) is 4.40 Å². The van der Waals surface area contributed by atoms with Gasteiger partial charge in [0.1, 0.15) is 21.8 Å². The highest BCUT2D eigenvalue weighted by Crippen LogP contribution is 2.13. The van der Waals surface area contributed by atoms with Crippen LogP contribution in [0.25, 0.3) is 0 Å². The van der Waals surface area contributed by atoms with Crippen molar-refractivity contribution < 1.29 is 4.21 Å². The van der Waals surface area contributed by atoms with Crippen LogP contribution < -0.4 is 0 Å². The Labute approximate surface area is 103 Å². The Hall–Kier alpha value is -0.810. The van der Waals surface area contributed by atoms with Crippen molar-refractivity contribution >= 4 is 28.3 Å². The second-order valence-corrected chi connectivity index (χ2v) is 6.56. The van der Waals surface area contributed by atoms with Crippen LogP contribution in [0.1, 0.15) is 33.4 Å². The van der Waals surface area contributed by atoms with Gasteiger partial charge in [-0.3, -0.25) is 4.98 Å². The Bertz CT molecular complexity index is 423. The lowest BCUT2D eigenvalue weighted by molar-refractivity contribution is 0.650. The van der Waals surface area contributed by atoms with Crippen molar-refractivity contribution in [2.75, 3.05) is 0 Å². The van der Waals surface area contributed by atoms with Gasteiger partial charge in [-0.25, -0.2) is 9.19 Å². The van der Waals surface area contributed by atoms with Gasteiger partial charge in [0.25, 0.3) is 0 Å². The molecule has 0 fully saturated rings. The largest absolute Gasteiger partial charge is 0.250 e. The molecule has 1 heterocycles. The van der Waals surface area contributed by atoms with Crippen LogP contribution in [-0.2, 0) is 11.0 Å². The van der Waals surface area contributed by atoms with E-state index >= 15 is 0 Å². The van der Waals surface area contributed by atoms with E-state index < -0.39 is 11.0 Å². The number of hydrogen-bond donors (Lipinski definition) is 0. The minimum atomic E-state index is -1.29. The van der Waals surface area contributed by atoms with Crippen LogP contribution >= 0.6 is 11.6 Å².